The third-order valence-electron chi connectivity index (χ3n) is 3.77. The second-order valence-corrected chi connectivity index (χ2v) is 5.19. The van der Waals surface area contributed by atoms with Crippen LogP contribution in [-0.4, -0.2) is 23.7 Å². The van der Waals surface area contributed by atoms with Gasteiger partial charge in [0.1, 0.15) is 0 Å². The maximum absolute atomic E-state index is 10.7. The maximum Gasteiger partial charge on any atom is 0.307 e. The molecular formula is C13H25NO2. The van der Waals surface area contributed by atoms with Gasteiger partial charge in [-0.15, -0.1) is 0 Å². The van der Waals surface area contributed by atoms with Gasteiger partial charge in [-0.3, -0.25) is 4.79 Å². The lowest BCUT2D eigenvalue weighted by molar-refractivity contribution is -0.141. The van der Waals surface area contributed by atoms with Gasteiger partial charge in [-0.1, -0.05) is 32.6 Å². The number of aliphatic carboxylic acids is 1. The van der Waals surface area contributed by atoms with E-state index in [0.717, 1.165) is 5.92 Å². The predicted octanol–water partition coefficient (Wildman–Crippen LogP) is 2.66. The van der Waals surface area contributed by atoms with Gasteiger partial charge in [0.2, 0.25) is 0 Å². The summed E-state index contributed by atoms with van der Waals surface area (Å²) in [6, 6.07) is 0.458. The molecule has 0 radical (unpaired) electrons. The molecule has 0 aliphatic heterocycles. The van der Waals surface area contributed by atoms with Crippen molar-refractivity contribution >= 4 is 5.97 Å². The van der Waals surface area contributed by atoms with E-state index in [2.05, 4.69) is 12.2 Å². The lowest BCUT2D eigenvalue weighted by Gasteiger charge is -2.24. The van der Waals surface area contributed by atoms with Crippen LogP contribution >= 0.6 is 0 Å². The molecule has 16 heavy (non-hydrogen) atoms. The second kappa shape index (κ2) is 6.89. The molecule has 0 spiro atoms. The summed E-state index contributed by atoms with van der Waals surface area (Å²) in [5.74, 6) is -0.253. The highest BCUT2D eigenvalue weighted by Gasteiger charge is 2.20. The highest BCUT2D eigenvalue weighted by molar-refractivity contribution is 5.69. The Bertz CT molecular complexity index is 210. The molecule has 0 amide bonds. The number of carboxylic acids is 1. The van der Waals surface area contributed by atoms with E-state index in [4.69, 9.17) is 5.11 Å². The molecule has 0 aromatic carbocycles. The smallest absolute Gasteiger partial charge is 0.307 e. The van der Waals surface area contributed by atoms with Gasteiger partial charge in [-0.2, -0.15) is 0 Å². The van der Waals surface area contributed by atoms with Crippen molar-refractivity contribution in [1.82, 2.24) is 5.32 Å². The Morgan fingerprint density at radius 2 is 1.81 bits per heavy atom. The minimum Gasteiger partial charge on any atom is -0.481 e. The molecule has 0 heterocycles. The lowest BCUT2D eigenvalue weighted by atomic mass is 9.93. The number of nitrogens with one attached hydrogen (secondary N) is 1. The van der Waals surface area contributed by atoms with Crippen molar-refractivity contribution in [3.63, 3.8) is 0 Å². The maximum atomic E-state index is 10.7. The van der Waals surface area contributed by atoms with Gasteiger partial charge in [0, 0.05) is 12.6 Å². The Labute approximate surface area is 98.6 Å². The molecule has 1 saturated carbocycles. The van der Waals surface area contributed by atoms with Crippen LogP contribution in [0.25, 0.3) is 0 Å². The second-order valence-electron chi connectivity index (χ2n) is 5.19. The van der Waals surface area contributed by atoms with Crippen molar-refractivity contribution in [2.45, 2.75) is 58.4 Å². The zero-order valence-corrected chi connectivity index (χ0v) is 10.5. The third kappa shape index (κ3) is 4.52. The normalized spacial score (nSPS) is 22.4. The van der Waals surface area contributed by atoms with Crippen molar-refractivity contribution in [1.29, 1.82) is 0 Å². The van der Waals surface area contributed by atoms with E-state index in [9.17, 15) is 4.79 Å². The number of carboxylic acid groups (broad SMARTS) is 1. The number of hydrogen-bond donors (Lipinski definition) is 2. The third-order valence-corrected chi connectivity index (χ3v) is 3.77. The summed E-state index contributed by atoms with van der Waals surface area (Å²) < 4.78 is 0. The van der Waals surface area contributed by atoms with Crippen LogP contribution in [0.4, 0.5) is 0 Å². The summed E-state index contributed by atoms with van der Waals surface area (Å²) in [6.45, 7) is 4.55. The van der Waals surface area contributed by atoms with Crippen LogP contribution in [0.1, 0.15) is 52.4 Å². The summed E-state index contributed by atoms with van der Waals surface area (Å²) in [5.41, 5.74) is 0. The standard InChI is InChI=1S/C13H25NO2/c1-10(13(15)16)9-14-11(2)12-7-5-3-4-6-8-12/h10-12,14H,3-9H2,1-2H3,(H,15,16)/t10?,11-/m1/s1. The number of carbonyl (C=O) groups is 1. The Hall–Kier alpha value is -0.570. The van der Waals surface area contributed by atoms with Gasteiger partial charge in [0.25, 0.3) is 0 Å². The first-order chi connectivity index (χ1) is 7.61. The molecule has 2 atom stereocenters. The van der Waals surface area contributed by atoms with Crippen LogP contribution in [0.2, 0.25) is 0 Å². The first kappa shape index (κ1) is 13.5. The Morgan fingerprint density at radius 3 is 2.31 bits per heavy atom. The average molecular weight is 227 g/mol. The van der Waals surface area contributed by atoms with Gasteiger partial charge >= 0.3 is 5.97 Å². The van der Waals surface area contributed by atoms with Crippen LogP contribution in [0, 0.1) is 11.8 Å². The number of hydrogen-bond acceptors (Lipinski definition) is 2. The summed E-state index contributed by atoms with van der Waals surface area (Å²) in [5, 5.41) is 12.2. The van der Waals surface area contributed by atoms with E-state index in [1.807, 2.05) is 0 Å². The first-order valence-corrected chi connectivity index (χ1v) is 6.57. The summed E-state index contributed by atoms with van der Waals surface area (Å²) >= 11 is 0. The van der Waals surface area contributed by atoms with Crippen LogP contribution in [0.3, 0.4) is 0 Å². The zero-order chi connectivity index (χ0) is 12.0. The molecule has 0 aromatic heterocycles. The minimum atomic E-state index is -0.708. The largest absolute Gasteiger partial charge is 0.481 e. The Balaban J connectivity index is 2.27. The summed E-state index contributed by atoms with van der Waals surface area (Å²) in [4.78, 5) is 10.7. The molecule has 1 rings (SSSR count). The first-order valence-electron chi connectivity index (χ1n) is 6.57. The minimum absolute atomic E-state index is 0.284. The van der Waals surface area contributed by atoms with E-state index in [1.165, 1.54) is 38.5 Å². The molecule has 2 N–H and O–H groups in total. The predicted molar refractivity (Wildman–Crippen MR) is 65.5 cm³/mol. The molecule has 94 valence electrons. The fourth-order valence-corrected chi connectivity index (χ4v) is 2.43. The highest BCUT2D eigenvalue weighted by Crippen LogP contribution is 2.25. The molecule has 3 heteroatoms. The van der Waals surface area contributed by atoms with Crippen molar-refractivity contribution in [3.05, 3.63) is 0 Å². The summed E-state index contributed by atoms with van der Waals surface area (Å²) in [6.07, 6.45) is 8.02. The molecule has 1 aliphatic rings. The van der Waals surface area contributed by atoms with Crippen molar-refractivity contribution in [3.8, 4) is 0 Å². The Kier molecular flexibility index (Phi) is 5.81. The number of rotatable bonds is 5. The van der Waals surface area contributed by atoms with Crippen LogP contribution in [0.15, 0.2) is 0 Å². The van der Waals surface area contributed by atoms with E-state index in [0.29, 0.717) is 12.6 Å². The molecule has 0 bridgehead atoms. The topological polar surface area (TPSA) is 49.3 Å². The molecule has 1 aliphatic carbocycles. The van der Waals surface area contributed by atoms with Crippen molar-refractivity contribution < 1.29 is 9.90 Å². The molecular weight excluding hydrogens is 202 g/mol. The molecule has 0 saturated heterocycles. The SMILES string of the molecule is CC(CN[C@H](C)C1CCCCCC1)C(=O)O. The fraction of sp³-hybridized carbons (Fsp3) is 0.923. The van der Waals surface area contributed by atoms with E-state index < -0.39 is 5.97 Å². The molecule has 1 unspecified atom stereocenters. The quantitative estimate of drug-likeness (QED) is 0.710. The molecule has 1 fully saturated rings. The van der Waals surface area contributed by atoms with Crippen LogP contribution in [-0.2, 0) is 4.79 Å². The van der Waals surface area contributed by atoms with Gasteiger partial charge in [-0.25, -0.2) is 0 Å². The van der Waals surface area contributed by atoms with E-state index in [1.54, 1.807) is 6.92 Å². The Morgan fingerprint density at radius 1 is 1.25 bits per heavy atom. The van der Waals surface area contributed by atoms with E-state index >= 15 is 0 Å². The molecule has 0 aromatic rings. The van der Waals surface area contributed by atoms with E-state index in [-0.39, 0.29) is 5.92 Å². The van der Waals surface area contributed by atoms with Crippen molar-refractivity contribution in [2.24, 2.45) is 11.8 Å². The zero-order valence-electron chi connectivity index (χ0n) is 10.5. The van der Waals surface area contributed by atoms with Crippen molar-refractivity contribution in [2.75, 3.05) is 6.54 Å². The lowest BCUT2D eigenvalue weighted by Crippen LogP contribution is -2.37. The fourth-order valence-electron chi connectivity index (χ4n) is 2.43. The van der Waals surface area contributed by atoms with Crippen LogP contribution in [0.5, 0.6) is 0 Å². The summed E-state index contributed by atoms with van der Waals surface area (Å²) in [7, 11) is 0. The highest BCUT2D eigenvalue weighted by atomic mass is 16.4. The average Bonchev–Trinajstić information content (AvgIpc) is 2.53. The van der Waals surface area contributed by atoms with Gasteiger partial charge in [-0.05, 0) is 25.7 Å². The molecule has 3 nitrogen and oxygen atoms in total. The van der Waals surface area contributed by atoms with Gasteiger partial charge in [0.05, 0.1) is 5.92 Å². The van der Waals surface area contributed by atoms with Crippen LogP contribution < -0.4 is 5.32 Å². The van der Waals surface area contributed by atoms with Gasteiger partial charge in [0.15, 0.2) is 0 Å². The monoisotopic (exact) mass is 227 g/mol. The van der Waals surface area contributed by atoms with Gasteiger partial charge < -0.3 is 10.4 Å².